The van der Waals surface area contributed by atoms with Crippen LogP contribution >= 0.6 is 0 Å². The summed E-state index contributed by atoms with van der Waals surface area (Å²) in [7, 11) is 0. The molecule has 0 radical (unpaired) electrons. The van der Waals surface area contributed by atoms with Crippen LogP contribution < -0.4 is 14.8 Å². The summed E-state index contributed by atoms with van der Waals surface area (Å²) < 4.78 is 16.8. The molecule has 1 atom stereocenters. The fraction of sp³-hybridized carbons (Fsp3) is 0.348. The molecular formula is C23H27N3O4. The highest BCUT2D eigenvalue weighted by atomic mass is 16.5. The van der Waals surface area contributed by atoms with Crippen molar-refractivity contribution in [1.29, 1.82) is 0 Å². The number of aromatic nitrogens is 2. The lowest BCUT2D eigenvalue weighted by Gasteiger charge is -2.18. The zero-order chi connectivity index (χ0) is 21.3. The zero-order valence-electron chi connectivity index (χ0n) is 17.6. The van der Waals surface area contributed by atoms with Crippen molar-refractivity contribution in [3.8, 4) is 23.0 Å². The minimum absolute atomic E-state index is 0.165. The number of nitrogens with one attached hydrogen (secondary N) is 1. The fourth-order valence-corrected chi connectivity index (χ4v) is 2.88. The van der Waals surface area contributed by atoms with Crippen LogP contribution in [0.1, 0.15) is 55.6 Å². The van der Waals surface area contributed by atoms with Crippen LogP contribution in [0.3, 0.4) is 0 Å². The van der Waals surface area contributed by atoms with Gasteiger partial charge in [0.1, 0.15) is 0 Å². The molecule has 2 aromatic carbocycles. The van der Waals surface area contributed by atoms with Gasteiger partial charge in [-0.15, -0.1) is 10.2 Å². The van der Waals surface area contributed by atoms with Gasteiger partial charge in [-0.2, -0.15) is 0 Å². The maximum atomic E-state index is 12.7. The summed E-state index contributed by atoms with van der Waals surface area (Å²) in [4.78, 5) is 12.7. The number of ether oxygens (including phenoxy) is 2. The van der Waals surface area contributed by atoms with Crippen molar-refractivity contribution < 1.29 is 18.7 Å². The molecule has 0 bridgehead atoms. The summed E-state index contributed by atoms with van der Waals surface area (Å²) in [6.45, 7) is 7.30. The number of amides is 1. The van der Waals surface area contributed by atoms with E-state index in [4.69, 9.17) is 13.9 Å². The monoisotopic (exact) mass is 409 g/mol. The first-order chi connectivity index (χ1) is 14.6. The van der Waals surface area contributed by atoms with Gasteiger partial charge >= 0.3 is 0 Å². The largest absolute Gasteiger partial charge is 0.490 e. The average Bonchev–Trinajstić information content (AvgIpc) is 3.31. The molecule has 0 saturated carbocycles. The van der Waals surface area contributed by atoms with Gasteiger partial charge in [0.15, 0.2) is 11.5 Å². The fourth-order valence-electron chi connectivity index (χ4n) is 2.88. The van der Waals surface area contributed by atoms with Gasteiger partial charge < -0.3 is 19.2 Å². The van der Waals surface area contributed by atoms with E-state index >= 15 is 0 Å². The van der Waals surface area contributed by atoms with Crippen molar-refractivity contribution >= 4 is 5.91 Å². The van der Waals surface area contributed by atoms with Crippen LogP contribution in [0, 0.1) is 0 Å². The van der Waals surface area contributed by atoms with Crippen molar-refractivity contribution in [1.82, 2.24) is 15.5 Å². The van der Waals surface area contributed by atoms with E-state index in [0.29, 0.717) is 30.4 Å². The quantitative estimate of drug-likeness (QED) is 0.517. The number of hydrogen-bond acceptors (Lipinski definition) is 6. The Morgan fingerprint density at radius 2 is 1.73 bits per heavy atom. The van der Waals surface area contributed by atoms with Crippen molar-refractivity contribution in [2.24, 2.45) is 0 Å². The molecule has 0 saturated heterocycles. The lowest BCUT2D eigenvalue weighted by molar-refractivity contribution is 0.0940. The molecule has 3 rings (SSSR count). The second-order valence-electron chi connectivity index (χ2n) is 6.92. The molecule has 0 fully saturated rings. The average molecular weight is 409 g/mol. The van der Waals surface area contributed by atoms with Crippen molar-refractivity contribution in [2.75, 3.05) is 13.2 Å². The van der Waals surface area contributed by atoms with E-state index in [2.05, 4.69) is 29.4 Å². The van der Waals surface area contributed by atoms with Crippen molar-refractivity contribution in [3.05, 3.63) is 60.0 Å². The number of hydrogen-bond donors (Lipinski definition) is 1. The third-order valence-electron chi connectivity index (χ3n) is 4.49. The van der Waals surface area contributed by atoms with Crippen LogP contribution in [0.2, 0.25) is 0 Å². The summed E-state index contributed by atoms with van der Waals surface area (Å²) in [5.41, 5.74) is 2.26. The molecule has 1 aromatic heterocycles. The zero-order valence-corrected chi connectivity index (χ0v) is 17.6. The van der Waals surface area contributed by atoms with Gasteiger partial charge in [0.05, 0.1) is 19.3 Å². The highest BCUT2D eigenvalue weighted by Crippen LogP contribution is 2.31. The Hall–Kier alpha value is -3.35. The standard InChI is InChI=1S/C23H27N3O4/c1-4-12-28-20-11-10-19(14-21(20)29-13-5-2)16(3)25-22(27)17-6-8-18(9-7-17)23-26-24-15-30-23/h6-11,14-16H,4-5,12-13H2,1-3H3,(H,25,27)/t16-/m0/s1. The molecule has 1 heterocycles. The van der Waals surface area contributed by atoms with Gasteiger partial charge in [-0.25, -0.2) is 0 Å². The number of rotatable bonds is 10. The minimum Gasteiger partial charge on any atom is -0.490 e. The number of nitrogens with zero attached hydrogens (tertiary/aromatic N) is 2. The Labute approximate surface area is 176 Å². The van der Waals surface area contributed by atoms with Gasteiger partial charge in [-0.05, 0) is 61.7 Å². The minimum atomic E-state index is -0.197. The summed E-state index contributed by atoms with van der Waals surface area (Å²) in [5.74, 6) is 1.68. The van der Waals surface area contributed by atoms with Crippen molar-refractivity contribution in [3.63, 3.8) is 0 Å². The second kappa shape index (κ2) is 10.4. The molecule has 0 aliphatic heterocycles. The van der Waals surface area contributed by atoms with E-state index in [1.54, 1.807) is 24.3 Å². The molecule has 3 aromatic rings. The third kappa shape index (κ3) is 5.37. The molecule has 7 heteroatoms. The molecule has 0 unspecified atom stereocenters. The first kappa shape index (κ1) is 21.4. The molecule has 30 heavy (non-hydrogen) atoms. The normalized spacial score (nSPS) is 11.7. The summed E-state index contributed by atoms with van der Waals surface area (Å²) in [5, 5.41) is 10.6. The predicted octanol–water partition coefficient (Wildman–Crippen LogP) is 4.81. The summed E-state index contributed by atoms with van der Waals surface area (Å²) in [6.07, 6.45) is 3.10. The van der Waals surface area contributed by atoms with Gasteiger partial charge in [0.25, 0.3) is 5.91 Å². The number of benzene rings is 2. The Kier molecular flexibility index (Phi) is 7.43. The molecule has 0 aliphatic rings. The van der Waals surface area contributed by atoms with E-state index in [0.717, 1.165) is 29.7 Å². The van der Waals surface area contributed by atoms with Gasteiger partial charge in [-0.3, -0.25) is 4.79 Å². The molecule has 1 N–H and O–H groups in total. The lowest BCUT2D eigenvalue weighted by atomic mass is 10.1. The second-order valence-corrected chi connectivity index (χ2v) is 6.92. The molecular weight excluding hydrogens is 382 g/mol. The molecule has 158 valence electrons. The lowest BCUT2D eigenvalue weighted by Crippen LogP contribution is -2.26. The Balaban J connectivity index is 1.69. The topological polar surface area (TPSA) is 86.5 Å². The number of carbonyl (C=O) groups is 1. The first-order valence-electron chi connectivity index (χ1n) is 10.2. The van der Waals surface area contributed by atoms with Crippen LogP contribution in [0.25, 0.3) is 11.5 Å². The summed E-state index contributed by atoms with van der Waals surface area (Å²) in [6, 6.07) is 12.6. The third-order valence-corrected chi connectivity index (χ3v) is 4.49. The van der Waals surface area contributed by atoms with Gasteiger partial charge in [0.2, 0.25) is 12.3 Å². The molecule has 7 nitrogen and oxygen atoms in total. The maximum Gasteiger partial charge on any atom is 0.251 e. The van der Waals surface area contributed by atoms with Crippen LogP contribution in [0.4, 0.5) is 0 Å². The predicted molar refractivity (Wildman–Crippen MR) is 114 cm³/mol. The molecule has 0 aliphatic carbocycles. The van der Waals surface area contributed by atoms with Crippen LogP contribution in [0.15, 0.2) is 53.3 Å². The Morgan fingerprint density at radius 3 is 2.37 bits per heavy atom. The highest BCUT2D eigenvalue weighted by Gasteiger charge is 2.15. The smallest absolute Gasteiger partial charge is 0.251 e. The van der Waals surface area contributed by atoms with E-state index in [1.165, 1.54) is 6.39 Å². The van der Waals surface area contributed by atoms with E-state index < -0.39 is 0 Å². The van der Waals surface area contributed by atoms with E-state index in [1.807, 2.05) is 25.1 Å². The van der Waals surface area contributed by atoms with Crippen LogP contribution in [-0.2, 0) is 0 Å². The van der Waals surface area contributed by atoms with Gasteiger partial charge in [0, 0.05) is 11.1 Å². The maximum absolute atomic E-state index is 12.7. The van der Waals surface area contributed by atoms with Gasteiger partial charge in [-0.1, -0.05) is 19.9 Å². The van der Waals surface area contributed by atoms with Crippen LogP contribution in [-0.4, -0.2) is 29.3 Å². The SMILES string of the molecule is CCCOc1ccc([C@H](C)NC(=O)c2ccc(-c3nnco3)cc2)cc1OCCC. The summed E-state index contributed by atoms with van der Waals surface area (Å²) >= 11 is 0. The number of carbonyl (C=O) groups excluding carboxylic acids is 1. The van der Waals surface area contributed by atoms with E-state index in [-0.39, 0.29) is 11.9 Å². The van der Waals surface area contributed by atoms with Crippen molar-refractivity contribution in [2.45, 2.75) is 39.7 Å². The highest BCUT2D eigenvalue weighted by molar-refractivity contribution is 5.94. The molecule has 0 spiro atoms. The Morgan fingerprint density at radius 1 is 1.03 bits per heavy atom. The van der Waals surface area contributed by atoms with Crippen LogP contribution in [0.5, 0.6) is 11.5 Å². The van der Waals surface area contributed by atoms with E-state index in [9.17, 15) is 4.79 Å². The Bertz CT molecular complexity index is 940. The first-order valence-corrected chi connectivity index (χ1v) is 10.2. The molecule has 1 amide bonds.